The van der Waals surface area contributed by atoms with Crippen LogP contribution in [-0.2, 0) is 19.2 Å². The number of carbonyl (C=O) groups is 3. The van der Waals surface area contributed by atoms with Gasteiger partial charge in [0.15, 0.2) is 5.13 Å². The number of fused-ring (bicyclic) bond motifs is 1. The number of carboxylic acid groups (broad SMARTS) is 1. The van der Waals surface area contributed by atoms with Gasteiger partial charge in [-0.25, -0.2) is 0 Å². The maximum Gasteiger partial charge on any atom is 0.278 e. The Morgan fingerprint density at radius 3 is 2.95 bits per heavy atom. The van der Waals surface area contributed by atoms with Gasteiger partial charge in [0, 0.05) is 30.4 Å². The van der Waals surface area contributed by atoms with Gasteiger partial charge in [0.1, 0.15) is 17.5 Å². The normalized spacial score (nSPS) is 27.5. The molecule has 4 N–H and O–H groups in total. The number of carboxylic acids is 1. The van der Waals surface area contributed by atoms with E-state index in [1.54, 1.807) is 12.1 Å². The molecule has 0 aromatic carbocycles. The minimum atomic E-state index is -1.46. The van der Waals surface area contributed by atoms with E-state index in [1.165, 1.54) is 11.8 Å². The SMILES string of the molecule is CC1CNCC[N+]1(C)C/C=C/C1=C(C(=O)[O-])N2C(=O)[C@@H](NC(=O)/C(=N\OCC#N)c3nsc(N)n3)[C@@H]2SC1. The summed E-state index contributed by atoms with van der Waals surface area (Å²) in [4.78, 5) is 47.8. The van der Waals surface area contributed by atoms with Crippen LogP contribution in [0.2, 0.25) is 0 Å². The molecule has 4 atom stereocenters. The lowest BCUT2D eigenvalue weighted by Crippen LogP contribution is -2.71. The lowest BCUT2D eigenvalue weighted by atomic mass is 10.0. The van der Waals surface area contributed by atoms with E-state index >= 15 is 0 Å². The molecular formula is C22H27N9O5S2. The predicted octanol–water partition coefficient (Wildman–Crippen LogP) is -2.24. The molecule has 2 unspecified atom stereocenters. The Labute approximate surface area is 226 Å². The topological polar surface area (TPSA) is 199 Å². The second-order valence-corrected chi connectivity index (χ2v) is 11.1. The molecule has 16 heteroatoms. The fraction of sp³-hybridized carbons (Fsp3) is 0.500. The van der Waals surface area contributed by atoms with Gasteiger partial charge in [0.2, 0.25) is 18.1 Å². The van der Waals surface area contributed by atoms with Gasteiger partial charge in [-0.05, 0) is 18.6 Å². The number of nitrogens with one attached hydrogen (secondary N) is 2. The summed E-state index contributed by atoms with van der Waals surface area (Å²) in [6, 6.07) is 1.11. The van der Waals surface area contributed by atoms with Crippen molar-refractivity contribution >= 4 is 51.9 Å². The van der Waals surface area contributed by atoms with E-state index in [1.807, 2.05) is 6.08 Å². The Hall–Kier alpha value is -3.52. The minimum absolute atomic E-state index is 0.0845. The van der Waals surface area contributed by atoms with Crippen LogP contribution in [0.3, 0.4) is 0 Å². The quantitative estimate of drug-likeness (QED) is 0.0968. The van der Waals surface area contributed by atoms with Crippen LogP contribution in [0.1, 0.15) is 12.7 Å². The third kappa shape index (κ3) is 5.50. The van der Waals surface area contributed by atoms with E-state index in [0.717, 1.165) is 47.1 Å². The lowest BCUT2D eigenvalue weighted by molar-refractivity contribution is -0.928. The maximum atomic E-state index is 13.0. The average molecular weight is 562 g/mol. The van der Waals surface area contributed by atoms with Gasteiger partial charge in [0.05, 0.1) is 37.8 Å². The summed E-state index contributed by atoms with van der Waals surface area (Å²) in [6.07, 6.45) is 3.70. The van der Waals surface area contributed by atoms with Gasteiger partial charge < -0.3 is 35.6 Å². The van der Waals surface area contributed by atoms with Crippen LogP contribution in [0.4, 0.5) is 5.13 Å². The minimum Gasteiger partial charge on any atom is -0.543 e. The molecule has 202 valence electrons. The number of anilines is 1. The average Bonchev–Trinajstić information content (AvgIpc) is 3.32. The Kier molecular flexibility index (Phi) is 8.31. The molecule has 4 heterocycles. The molecule has 0 bridgehead atoms. The highest BCUT2D eigenvalue weighted by molar-refractivity contribution is 8.00. The molecule has 14 nitrogen and oxygen atoms in total. The summed E-state index contributed by atoms with van der Waals surface area (Å²) in [7, 11) is 2.17. The lowest BCUT2D eigenvalue weighted by Gasteiger charge is -2.50. The largest absolute Gasteiger partial charge is 0.543 e. The standard InChI is InChI=1S/C22H27N9O5S2/c1-12-10-25-6-8-31(12,2)7-3-4-13-11-37-20-15(19(33)30(20)16(13)21(34)35)26-18(32)14(28-36-9-5-23)17-27-22(24)38-29-17/h3-4,12,15,20,25H,6-11H2,1-2H3,(H3-,24,26,27,29,32,34,35)/b4-3+,28-14-/t12?,15-,20+,31?/m1/s1. The number of hydrogen-bond donors (Lipinski definition) is 3. The molecule has 1 aromatic heterocycles. The van der Waals surface area contributed by atoms with Gasteiger partial charge in [-0.3, -0.25) is 14.5 Å². The number of nitrogens with two attached hydrogens (primary N) is 1. The Morgan fingerprint density at radius 2 is 2.29 bits per heavy atom. The monoisotopic (exact) mass is 561 g/mol. The molecule has 0 aliphatic carbocycles. The molecule has 0 spiro atoms. The molecule has 3 aliphatic heterocycles. The van der Waals surface area contributed by atoms with Crippen LogP contribution in [0.15, 0.2) is 28.6 Å². The van der Waals surface area contributed by atoms with Crippen LogP contribution >= 0.6 is 23.3 Å². The van der Waals surface area contributed by atoms with Crippen LogP contribution in [-0.4, -0.2) is 105 Å². The first-order chi connectivity index (χ1) is 18.2. The molecule has 0 saturated carbocycles. The number of rotatable bonds is 9. The summed E-state index contributed by atoms with van der Waals surface area (Å²) >= 11 is 2.16. The van der Waals surface area contributed by atoms with Gasteiger partial charge in [0.25, 0.3) is 11.8 Å². The highest BCUT2D eigenvalue weighted by Crippen LogP contribution is 2.40. The molecule has 0 radical (unpaired) electrons. The number of thioether (sulfide) groups is 1. The predicted molar refractivity (Wildman–Crippen MR) is 137 cm³/mol. The van der Waals surface area contributed by atoms with Crippen molar-refractivity contribution in [2.75, 3.05) is 51.3 Å². The summed E-state index contributed by atoms with van der Waals surface area (Å²) in [6.45, 7) is 5.25. The van der Waals surface area contributed by atoms with Gasteiger partial charge in [-0.1, -0.05) is 11.2 Å². The first-order valence-corrected chi connectivity index (χ1v) is 13.6. The van der Waals surface area contributed by atoms with E-state index in [2.05, 4.69) is 39.1 Å². The first kappa shape index (κ1) is 27.5. The summed E-state index contributed by atoms with van der Waals surface area (Å²) in [5, 5.41) is 29.7. The smallest absolute Gasteiger partial charge is 0.278 e. The number of aliphatic carboxylic acids is 1. The van der Waals surface area contributed by atoms with Crippen molar-refractivity contribution in [1.82, 2.24) is 24.9 Å². The molecular weight excluding hydrogens is 534 g/mol. The van der Waals surface area contributed by atoms with Crippen LogP contribution < -0.4 is 21.5 Å². The van der Waals surface area contributed by atoms with Crippen LogP contribution in [0.25, 0.3) is 0 Å². The zero-order valence-electron chi connectivity index (χ0n) is 20.7. The zero-order valence-corrected chi connectivity index (χ0v) is 22.4. The number of allylic oxidation sites excluding steroid dienone is 1. The molecule has 2 saturated heterocycles. The highest BCUT2D eigenvalue weighted by atomic mass is 32.2. The number of amides is 2. The summed E-state index contributed by atoms with van der Waals surface area (Å²) in [5.74, 6) is -2.69. The maximum absolute atomic E-state index is 13.0. The number of quaternary nitrogens is 1. The summed E-state index contributed by atoms with van der Waals surface area (Å²) < 4.78 is 4.75. The van der Waals surface area contributed by atoms with E-state index in [9.17, 15) is 19.5 Å². The number of oxime groups is 1. The zero-order chi connectivity index (χ0) is 27.4. The van der Waals surface area contributed by atoms with Gasteiger partial charge >= 0.3 is 0 Å². The Morgan fingerprint density at radius 1 is 1.50 bits per heavy atom. The van der Waals surface area contributed by atoms with Crippen molar-refractivity contribution in [1.29, 1.82) is 5.26 Å². The fourth-order valence-corrected chi connectivity index (χ4v) is 6.16. The van der Waals surface area contributed by atoms with Crippen LogP contribution in [0.5, 0.6) is 0 Å². The third-order valence-electron chi connectivity index (χ3n) is 6.78. The molecule has 38 heavy (non-hydrogen) atoms. The van der Waals surface area contributed by atoms with Crippen molar-refractivity contribution in [2.24, 2.45) is 5.16 Å². The molecule has 2 amide bonds. The van der Waals surface area contributed by atoms with E-state index in [-0.39, 0.29) is 22.4 Å². The Balaban J connectivity index is 1.48. The molecule has 1 aromatic rings. The second kappa shape index (κ2) is 11.5. The fourth-order valence-electron chi connectivity index (χ4n) is 4.40. The van der Waals surface area contributed by atoms with Crippen molar-refractivity contribution < 1.29 is 28.8 Å². The molecule has 3 aliphatic rings. The van der Waals surface area contributed by atoms with Crippen molar-refractivity contribution in [3.8, 4) is 6.07 Å². The van der Waals surface area contributed by atoms with Crippen molar-refractivity contribution in [3.05, 3.63) is 29.2 Å². The Bertz CT molecular complexity index is 1260. The number of nitrogen functional groups attached to an aromatic ring is 1. The molecule has 4 rings (SSSR count). The van der Waals surface area contributed by atoms with Crippen molar-refractivity contribution in [2.45, 2.75) is 24.4 Å². The number of carbonyl (C=O) groups excluding carboxylic acids is 3. The van der Waals surface area contributed by atoms with Crippen LogP contribution in [0, 0.1) is 11.3 Å². The second-order valence-electron chi connectivity index (χ2n) is 9.19. The number of nitrogens with zero attached hydrogens (tertiary/aromatic N) is 6. The number of likely N-dealkylation sites (N-methyl/N-ethyl adjacent to an activating group) is 1. The summed E-state index contributed by atoms with van der Waals surface area (Å²) in [5.41, 5.74) is 5.51. The first-order valence-electron chi connectivity index (χ1n) is 11.7. The van der Waals surface area contributed by atoms with E-state index in [4.69, 9.17) is 15.8 Å². The van der Waals surface area contributed by atoms with Crippen molar-refractivity contribution in [3.63, 3.8) is 0 Å². The van der Waals surface area contributed by atoms with E-state index < -0.39 is 35.8 Å². The number of nitriles is 1. The number of hydrogen-bond acceptors (Lipinski definition) is 13. The van der Waals surface area contributed by atoms with Gasteiger partial charge in [-0.15, -0.1) is 11.8 Å². The number of aromatic nitrogens is 2. The third-order valence-corrected chi connectivity index (χ3v) is 8.62. The molecule has 2 fully saturated rings. The number of piperazine rings is 1. The van der Waals surface area contributed by atoms with Gasteiger partial charge in [-0.2, -0.15) is 14.6 Å². The highest BCUT2D eigenvalue weighted by Gasteiger charge is 2.53. The number of β-lactam (4-membered cyclic amide) rings is 1. The van der Waals surface area contributed by atoms with E-state index in [0.29, 0.717) is 17.4 Å².